The van der Waals surface area contributed by atoms with E-state index in [-0.39, 0.29) is 23.1 Å². The smallest absolute Gasteiger partial charge is 0.333 e. The predicted molar refractivity (Wildman–Crippen MR) is 292 cm³/mol. The van der Waals surface area contributed by atoms with Gasteiger partial charge in [-0.2, -0.15) is 0 Å². The molecular weight excluding hydrogens is 848 g/mol. The summed E-state index contributed by atoms with van der Waals surface area (Å²) in [7, 11) is 0. The Bertz CT molecular complexity index is 3860. The minimum Gasteiger partial charge on any atom is -0.455 e. The first-order chi connectivity index (χ1) is 34.0. The Morgan fingerprint density at radius 1 is 0.471 bits per heavy atom. The average Bonchev–Trinajstić information content (AvgIpc) is 3.88. The quantitative estimate of drug-likeness (QED) is 0.165. The maximum Gasteiger partial charge on any atom is 0.333 e. The molecule has 5 aliphatic rings. The van der Waals surface area contributed by atoms with E-state index in [9.17, 15) is 0 Å². The van der Waals surface area contributed by atoms with Crippen LogP contribution in [0.5, 0.6) is 0 Å². The fourth-order valence-corrected chi connectivity index (χ4v) is 14.4. The molecule has 1 aromatic heterocycles. The number of hydrogen-bond acceptors (Lipinski definition) is 3. The molecule has 2 aliphatic carbocycles. The molecule has 0 radical (unpaired) electrons. The summed E-state index contributed by atoms with van der Waals surface area (Å²) in [6.07, 6.45) is 2.32. The summed E-state index contributed by atoms with van der Waals surface area (Å²) in [6, 6.07) is 71.7. The van der Waals surface area contributed by atoms with Gasteiger partial charge in [-0.15, -0.1) is 0 Å². The number of rotatable bonds is 3. The molecule has 0 amide bonds. The van der Waals surface area contributed by atoms with E-state index in [1.165, 1.54) is 113 Å². The Hall–Kier alpha value is -7.56. The minimum absolute atomic E-state index is 0.0150. The first-order valence-electron chi connectivity index (χ1n) is 25.3. The molecule has 0 spiro atoms. The van der Waals surface area contributed by atoms with Crippen molar-refractivity contribution in [3.05, 3.63) is 233 Å². The molecule has 336 valence electrons. The van der Waals surface area contributed by atoms with Crippen LogP contribution in [-0.2, 0) is 21.7 Å². The van der Waals surface area contributed by atoms with Gasteiger partial charge in [0.15, 0.2) is 0 Å². The van der Waals surface area contributed by atoms with Crippen LogP contribution in [0.15, 0.2) is 192 Å². The van der Waals surface area contributed by atoms with Gasteiger partial charge in [0, 0.05) is 50.1 Å². The van der Waals surface area contributed by atoms with Crippen LogP contribution in [0.2, 0.25) is 0 Å². The molecule has 0 unspecified atom stereocenters. The van der Waals surface area contributed by atoms with E-state index in [0.29, 0.717) is 0 Å². The van der Waals surface area contributed by atoms with Gasteiger partial charge in [-0.25, -0.2) is 0 Å². The Balaban J connectivity index is 1.15. The minimum atomic E-state index is -0.614. The normalized spacial score (nSPS) is 17.5. The van der Waals surface area contributed by atoms with Gasteiger partial charge in [-0.05, 0) is 121 Å². The molecule has 0 saturated heterocycles. The fourth-order valence-electron chi connectivity index (χ4n) is 14.4. The van der Waals surface area contributed by atoms with Crippen molar-refractivity contribution in [3.63, 3.8) is 0 Å². The number of benzene rings is 9. The van der Waals surface area contributed by atoms with Gasteiger partial charge in [0.05, 0.1) is 11.1 Å². The van der Waals surface area contributed by atoms with Crippen molar-refractivity contribution < 1.29 is 4.42 Å². The molecule has 3 nitrogen and oxygen atoms in total. The Morgan fingerprint density at radius 3 is 1.89 bits per heavy atom. The van der Waals surface area contributed by atoms with Crippen molar-refractivity contribution in [3.8, 4) is 22.3 Å². The summed E-state index contributed by atoms with van der Waals surface area (Å²) in [5.74, 6) is 0. The SMILES string of the molecule is CC1(C)CCC(C)(C)c2cc(N3B4c5cccc6c5N(c5ccccc5C6(c5ccccc5)c5ccccc5)c5cc6c(oc7ccccc76)c(c54)-c4ccc5c(c43)C(C)(C)c3ccccc3-5)ccc21. The van der Waals surface area contributed by atoms with Crippen molar-refractivity contribution in [2.45, 2.75) is 76.0 Å². The maximum atomic E-state index is 7.25. The number of hydrogen-bond donors (Lipinski definition) is 0. The molecule has 3 aliphatic heterocycles. The zero-order chi connectivity index (χ0) is 47.1. The van der Waals surface area contributed by atoms with Crippen molar-refractivity contribution >= 4 is 68.1 Å². The second kappa shape index (κ2) is 13.6. The lowest BCUT2D eigenvalue weighted by atomic mass is 9.42. The van der Waals surface area contributed by atoms with Crippen molar-refractivity contribution in [2.75, 3.05) is 9.71 Å². The number of nitrogens with zero attached hydrogens (tertiary/aromatic N) is 2. The van der Waals surface area contributed by atoms with Gasteiger partial charge in [-0.3, -0.25) is 0 Å². The molecule has 70 heavy (non-hydrogen) atoms. The third kappa shape index (κ3) is 4.92. The first kappa shape index (κ1) is 40.3. The van der Waals surface area contributed by atoms with Crippen LogP contribution < -0.4 is 20.6 Å². The largest absolute Gasteiger partial charge is 0.455 e. The van der Waals surface area contributed by atoms with Crippen LogP contribution in [0.4, 0.5) is 28.4 Å². The van der Waals surface area contributed by atoms with E-state index < -0.39 is 5.41 Å². The molecule has 9 aromatic carbocycles. The van der Waals surface area contributed by atoms with E-state index in [2.05, 4.69) is 239 Å². The van der Waals surface area contributed by atoms with Crippen molar-refractivity contribution in [1.82, 2.24) is 0 Å². The lowest BCUT2D eigenvalue weighted by Gasteiger charge is -2.52. The summed E-state index contributed by atoms with van der Waals surface area (Å²) in [5, 5.41) is 2.28. The summed E-state index contributed by atoms with van der Waals surface area (Å²) < 4.78 is 7.25. The van der Waals surface area contributed by atoms with Gasteiger partial charge >= 0.3 is 6.85 Å². The molecule has 0 fully saturated rings. The molecule has 0 atom stereocenters. The Morgan fingerprint density at radius 2 is 1.11 bits per heavy atom. The van der Waals surface area contributed by atoms with E-state index in [1.807, 2.05) is 0 Å². The van der Waals surface area contributed by atoms with Crippen LogP contribution in [0.25, 0.3) is 44.2 Å². The summed E-state index contributed by atoms with van der Waals surface area (Å²) in [4.78, 5) is 5.45. The molecule has 0 N–H and O–H groups in total. The predicted octanol–water partition coefficient (Wildman–Crippen LogP) is 15.6. The molecule has 0 bridgehead atoms. The van der Waals surface area contributed by atoms with Gasteiger partial charge in [0.25, 0.3) is 0 Å². The van der Waals surface area contributed by atoms with E-state index in [1.54, 1.807) is 0 Å². The molecule has 10 aromatic rings. The third-order valence-corrected chi connectivity index (χ3v) is 17.7. The van der Waals surface area contributed by atoms with E-state index >= 15 is 0 Å². The third-order valence-electron chi connectivity index (χ3n) is 17.7. The molecular formula is C66H53BN2O. The highest BCUT2D eigenvalue weighted by Gasteiger charge is 2.55. The lowest BCUT2D eigenvalue weighted by molar-refractivity contribution is 0.332. The second-order valence-corrected chi connectivity index (χ2v) is 22.6. The number of para-hydroxylation sites is 3. The highest BCUT2D eigenvalue weighted by atomic mass is 16.3. The average molecular weight is 901 g/mol. The highest BCUT2D eigenvalue weighted by Crippen LogP contribution is 2.63. The highest BCUT2D eigenvalue weighted by molar-refractivity contribution is 6.94. The van der Waals surface area contributed by atoms with Crippen LogP contribution in [0.1, 0.15) is 98.9 Å². The summed E-state index contributed by atoms with van der Waals surface area (Å²) in [6.45, 7) is 14.5. The summed E-state index contributed by atoms with van der Waals surface area (Å²) in [5.41, 5.74) is 25.6. The Labute approximate surface area is 411 Å². The molecule has 15 rings (SSSR count). The summed E-state index contributed by atoms with van der Waals surface area (Å²) >= 11 is 0. The van der Waals surface area contributed by atoms with Crippen LogP contribution in [-0.4, -0.2) is 6.85 Å². The van der Waals surface area contributed by atoms with Crippen LogP contribution >= 0.6 is 0 Å². The monoisotopic (exact) mass is 900 g/mol. The van der Waals surface area contributed by atoms with E-state index in [0.717, 1.165) is 28.4 Å². The molecule has 4 heteroatoms. The zero-order valence-electron chi connectivity index (χ0n) is 40.7. The van der Waals surface area contributed by atoms with Crippen molar-refractivity contribution in [2.24, 2.45) is 0 Å². The van der Waals surface area contributed by atoms with Gasteiger partial charge in [0.2, 0.25) is 0 Å². The molecule has 0 saturated carbocycles. The lowest BCUT2D eigenvalue weighted by Crippen LogP contribution is -2.63. The van der Waals surface area contributed by atoms with Crippen molar-refractivity contribution in [1.29, 1.82) is 0 Å². The van der Waals surface area contributed by atoms with Gasteiger partial charge in [0.1, 0.15) is 11.2 Å². The maximum absolute atomic E-state index is 7.25. The number of furan rings is 1. The number of fused-ring (bicyclic) bond motifs is 15. The first-order valence-corrected chi connectivity index (χ1v) is 25.3. The molecule has 4 heterocycles. The number of anilines is 5. The fraction of sp³-hybridized carbons (Fsp3) is 0.182. The zero-order valence-corrected chi connectivity index (χ0v) is 40.7. The topological polar surface area (TPSA) is 19.6 Å². The van der Waals surface area contributed by atoms with Gasteiger partial charge < -0.3 is 14.1 Å². The van der Waals surface area contributed by atoms with Crippen LogP contribution in [0, 0.1) is 0 Å². The Kier molecular flexibility index (Phi) is 7.84. The van der Waals surface area contributed by atoms with E-state index in [4.69, 9.17) is 4.42 Å². The second-order valence-electron chi connectivity index (χ2n) is 22.6. The van der Waals surface area contributed by atoms with Crippen LogP contribution in [0.3, 0.4) is 0 Å². The standard InChI is InChI=1S/C66H53BN2O/c1-63(2)36-37-64(3,4)52-38-42(32-35-49(52)63)69-60-46(34-33-45-43-24-13-15-26-48(43)65(5,6)58(45)60)57-59-55(39-47-44-25-14-18-31-56(44)70-62(47)57)68-54-30-17-16-27-50(54)66(40-20-9-7-10-21-40,41-22-11-8-12-23-41)51-28-19-29-53(61(51)68)67(59)69/h7-35,38-39H,36-37H2,1-6H3. The van der Waals surface area contributed by atoms with Gasteiger partial charge in [-0.1, -0.05) is 199 Å².